The Labute approximate surface area is 182 Å². The van der Waals surface area contributed by atoms with E-state index < -0.39 is 23.7 Å². The highest BCUT2D eigenvalue weighted by atomic mass is 19.4. The Hall–Kier alpha value is -4.29. The van der Waals surface area contributed by atoms with E-state index in [1.54, 1.807) is 24.6 Å². The molecular weight excluding hydrogens is 441 g/mol. The second-order valence-corrected chi connectivity index (χ2v) is 7.37. The minimum absolute atomic E-state index is 0.116. The van der Waals surface area contributed by atoms with E-state index >= 15 is 0 Å². The van der Waals surface area contributed by atoms with Crippen molar-refractivity contribution in [2.45, 2.75) is 19.1 Å². The number of carbonyl (C=O) groups excluding carboxylic acids is 1. The van der Waals surface area contributed by atoms with Gasteiger partial charge in [-0.2, -0.15) is 13.2 Å². The minimum atomic E-state index is -4.46. The van der Waals surface area contributed by atoms with Gasteiger partial charge in [-0.3, -0.25) is 4.79 Å². The summed E-state index contributed by atoms with van der Waals surface area (Å²) >= 11 is 0. The summed E-state index contributed by atoms with van der Waals surface area (Å²) in [6.07, 6.45) is -1.64. The number of halogens is 3. The first-order valence-corrected chi connectivity index (χ1v) is 9.67. The zero-order chi connectivity index (χ0) is 23.3. The van der Waals surface area contributed by atoms with Crippen molar-refractivity contribution in [1.29, 1.82) is 0 Å². The molecule has 5 rings (SSSR count). The predicted octanol–water partition coefficient (Wildman–Crippen LogP) is 3.40. The SMILES string of the molecule is C[C@H](NC(=O)c1ncnc2c1ncn2C)c1cc(-c2nc3ccc(C(F)(F)F)cc3[nH]2)no1. The second-order valence-electron chi connectivity index (χ2n) is 7.37. The van der Waals surface area contributed by atoms with Gasteiger partial charge in [-0.05, 0) is 25.1 Å². The van der Waals surface area contributed by atoms with Gasteiger partial charge in [-0.1, -0.05) is 5.16 Å². The molecule has 1 amide bonds. The Morgan fingerprint density at radius 2 is 2.03 bits per heavy atom. The number of imidazole rings is 2. The molecule has 0 fully saturated rings. The van der Waals surface area contributed by atoms with Crippen LogP contribution in [0.3, 0.4) is 0 Å². The van der Waals surface area contributed by atoms with Crippen molar-refractivity contribution < 1.29 is 22.5 Å². The molecule has 0 saturated carbocycles. The Balaban J connectivity index is 1.37. The summed E-state index contributed by atoms with van der Waals surface area (Å²) in [5.41, 5.74) is 1.07. The van der Waals surface area contributed by atoms with Crippen LogP contribution in [0.25, 0.3) is 33.7 Å². The van der Waals surface area contributed by atoms with E-state index in [0.717, 1.165) is 12.1 Å². The first-order valence-electron chi connectivity index (χ1n) is 9.67. The summed E-state index contributed by atoms with van der Waals surface area (Å²) in [7, 11) is 1.75. The van der Waals surface area contributed by atoms with Crippen molar-refractivity contribution >= 4 is 28.1 Å². The number of aryl methyl sites for hydroxylation is 1. The standard InChI is InChI=1S/C20H15F3N8O2/c1-9(27-19(32)16-15-18(25-7-24-16)31(2)8-26-15)14-6-13(30-33-14)17-28-11-4-3-10(20(21,22)23)5-12(11)29-17/h3-9H,1-2H3,(H,27,32)(H,28,29)/t9-/m0/s1. The first kappa shape index (κ1) is 20.6. The number of nitrogens with one attached hydrogen (secondary N) is 2. The average Bonchev–Trinajstić information content (AvgIpc) is 3.50. The highest BCUT2D eigenvalue weighted by Gasteiger charge is 2.31. The maximum absolute atomic E-state index is 12.9. The summed E-state index contributed by atoms with van der Waals surface area (Å²) in [4.78, 5) is 32.1. The minimum Gasteiger partial charge on any atom is -0.358 e. The number of H-pyrrole nitrogens is 1. The van der Waals surface area contributed by atoms with E-state index in [2.05, 4.69) is 35.4 Å². The molecule has 0 aliphatic rings. The van der Waals surface area contributed by atoms with Gasteiger partial charge >= 0.3 is 6.18 Å². The molecule has 0 unspecified atom stereocenters. The van der Waals surface area contributed by atoms with Gasteiger partial charge in [0.15, 0.2) is 22.9 Å². The van der Waals surface area contributed by atoms with Gasteiger partial charge in [0.1, 0.15) is 17.5 Å². The van der Waals surface area contributed by atoms with E-state index in [0.29, 0.717) is 22.4 Å². The Kier molecular flexibility index (Phi) is 4.62. The number of aromatic nitrogens is 7. The summed E-state index contributed by atoms with van der Waals surface area (Å²) in [5, 5.41) is 6.69. The van der Waals surface area contributed by atoms with Crippen LogP contribution in [0.5, 0.6) is 0 Å². The van der Waals surface area contributed by atoms with Gasteiger partial charge in [0.05, 0.1) is 29.0 Å². The van der Waals surface area contributed by atoms with Gasteiger partial charge in [0, 0.05) is 13.1 Å². The molecule has 4 heterocycles. The fourth-order valence-corrected chi connectivity index (χ4v) is 3.36. The molecular formula is C20H15F3N8O2. The number of benzene rings is 1. The number of hydrogen-bond acceptors (Lipinski definition) is 7. The molecule has 1 aromatic carbocycles. The Bertz CT molecular complexity index is 1500. The summed E-state index contributed by atoms with van der Waals surface area (Å²) in [5.74, 6) is 0.0833. The molecule has 0 radical (unpaired) electrons. The van der Waals surface area contributed by atoms with E-state index in [1.165, 1.54) is 18.7 Å². The summed E-state index contributed by atoms with van der Waals surface area (Å²) in [6, 6.07) is 4.18. The predicted molar refractivity (Wildman–Crippen MR) is 109 cm³/mol. The van der Waals surface area contributed by atoms with Crippen LogP contribution in [-0.2, 0) is 13.2 Å². The largest absolute Gasteiger partial charge is 0.416 e. The number of aromatic amines is 1. The number of carbonyl (C=O) groups is 1. The van der Waals surface area contributed by atoms with Crippen LogP contribution in [0.1, 0.15) is 34.8 Å². The van der Waals surface area contributed by atoms with Gasteiger partial charge in [0.25, 0.3) is 5.91 Å². The molecule has 33 heavy (non-hydrogen) atoms. The lowest BCUT2D eigenvalue weighted by Crippen LogP contribution is -2.27. The highest BCUT2D eigenvalue weighted by molar-refractivity contribution is 6.02. The molecule has 0 aliphatic heterocycles. The fourth-order valence-electron chi connectivity index (χ4n) is 3.36. The van der Waals surface area contributed by atoms with Crippen molar-refractivity contribution in [1.82, 2.24) is 40.0 Å². The maximum atomic E-state index is 12.9. The van der Waals surface area contributed by atoms with Crippen LogP contribution >= 0.6 is 0 Å². The zero-order valence-electron chi connectivity index (χ0n) is 17.2. The van der Waals surface area contributed by atoms with Crippen molar-refractivity contribution in [3.63, 3.8) is 0 Å². The third kappa shape index (κ3) is 3.66. The van der Waals surface area contributed by atoms with Gasteiger partial charge < -0.3 is 19.4 Å². The topological polar surface area (TPSA) is 127 Å². The highest BCUT2D eigenvalue weighted by Crippen LogP contribution is 2.32. The molecule has 0 spiro atoms. The number of amides is 1. The van der Waals surface area contributed by atoms with Gasteiger partial charge in [0.2, 0.25) is 0 Å². The molecule has 10 nitrogen and oxygen atoms in total. The maximum Gasteiger partial charge on any atom is 0.416 e. The van der Waals surface area contributed by atoms with Crippen LogP contribution < -0.4 is 5.32 Å². The van der Waals surface area contributed by atoms with Crippen LogP contribution in [-0.4, -0.2) is 40.6 Å². The molecule has 0 aliphatic carbocycles. The molecule has 5 aromatic rings. The molecule has 4 aromatic heterocycles. The normalized spacial score (nSPS) is 13.0. The smallest absolute Gasteiger partial charge is 0.358 e. The average molecular weight is 456 g/mol. The van der Waals surface area contributed by atoms with Gasteiger partial charge in [-0.15, -0.1) is 0 Å². The van der Waals surface area contributed by atoms with Crippen LogP contribution in [0.15, 0.2) is 41.4 Å². The van der Waals surface area contributed by atoms with E-state index in [-0.39, 0.29) is 22.7 Å². The number of hydrogen-bond donors (Lipinski definition) is 2. The van der Waals surface area contributed by atoms with Crippen molar-refractivity contribution in [3.8, 4) is 11.5 Å². The number of rotatable bonds is 4. The zero-order valence-corrected chi connectivity index (χ0v) is 17.2. The number of fused-ring (bicyclic) bond motifs is 2. The van der Waals surface area contributed by atoms with Crippen LogP contribution in [0, 0.1) is 0 Å². The molecule has 1 atom stereocenters. The Morgan fingerprint density at radius 1 is 1.21 bits per heavy atom. The summed E-state index contributed by atoms with van der Waals surface area (Å²) in [6.45, 7) is 1.69. The quantitative estimate of drug-likeness (QED) is 0.424. The van der Waals surface area contributed by atoms with Crippen molar-refractivity contribution in [3.05, 3.63) is 53.9 Å². The lowest BCUT2D eigenvalue weighted by molar-refractivity contribution is -0.137. The first-order chi connectivity index (χ1) is 15.7. The van der Waals surface area contributed by atoms with E-state index in [1.807, 2.05) is 0 Å². The molecule has 2 N–H and O–H groups in total. The van der Waals surface area contributed by atoms with E-state index in [4.69, 9.17) is 4.52 Å². The number of nitrogens with zero attached hydrogens (tertiary/aromatic N) is 6. The van der Waals surface area contributed by atoms with Crippen LogP contribution in [0.2, 0.25) is 0 Å². The lowest BCUT2D eigenvalue weighted by Gasteiger charge is -2.10. The Morgan fingerprint density at radius 3 is 2.82 bits per heavy atom. The molecule has 168 valence electrons. The number of alkyl halides is 3. The third-order valence-electron chi connectivity index (χ3n) is 5.07. The molecule has 0 saturated heterocycles. The fraction of sp³-hybridized carbons (Fsp3) is 0.200. The second kappa shape index (κ2) is 7.39. The molecule has 13 heteroatoms. The molecule has 0 bridgehead atoms. The van der Waals surface area contributed by atoms with Gasteiger partial charge in [-0.25, -0.2) is 19.9 Å². The van der Waals surface area contributed by atoms with E-state index in [9.17, 15) is 18.0 Å². The monoisotopic (exact) mass is 456 g/mol. The lowest BCUT2D eigenvalue weighted by atomic mass is 10.2. The van der Waals surface area contributed by atoms with Crippen molar-refractivity contribution in [2.24, 2.45) is 7.05 Å². The van der Waals surface area contributed by atoms with Crippen molar-refractivity contribution in [2.75, 3.05) is 0 Å². The van der Waals surface area contributed by atoms with Crippen LogP contribution in [0.4, 0.5) is 13.2 Å². The third-order valence-corrected chi connectivity index (χ3v) is 5.07. The summed E-state index contributed by atoms with van der Waals surface area (Å²) < 4.78 is 45.8.